The van der Waals surface area contributed by atoms with E-state index in [1.807, 2.05) is 25.1 Å². The maximum absolute atomic E-state index is 12.5. The van der Waals surface area contributed by atoms with Crippen LogP contribution >= 0.6 is 0 Å². The summed E-state index contributed by atoms with van der Waals surface area (Å²) in [6, 6.07) is 5.63. The summed E-state index contributed by atoms with van der Waals surface area (Å²) >= 11 is 0. The van der Waals surface area contributed by atoms with Crippen LogP contribution in [-0.2, 0) is 0 Å². The molecule has 0 unspecified atom stereocenters. The number of nitrogens with two attached hydrogens (primary N) is 1. The molecular formula is C16H20N2O2. The third-order valence-electron chi connectivity index (χ3n) is 3.55. The molecule has 4 nitrogen and oxygen atoms in total. The van der Waals surface area contributed by atoms with Crippen LogP contribution in [0.4, 0.5) is 0 Å². The zero-order valence-corrected chi connectivity index (χ0v) is 11.7. The number of benzene rings is 1. The van der Waals surface area contributed by atoms with E-state index in [0.717, 1.165) is 11.1 Å². The molecule has 1 saturated heterocycles. The standard InChI is InChI=1S/C16H20N2O2/c1-12-4-5-13(3-2-8-17)11-15(12)16(20)18-9-6-14(19)7-10-18/h4-5,11,14,19H,6-10,17H2,1H3. The second-order valence-electron chi connectivity index (χ2n) is 5.06. The zero-order chi connectivity index (χ0) is 14.5. The highest BCUT2D eigenvalue weighted by Gasteiger charge is 2.23. The average Bonchev–Trinajstić information content (AvgIpc) is 2.46. The van der Waals surface area contributed by atoms with Crippen LogP contribution in [0.3, 0.4) is 0 Å². The quantitative estimate of drug-likeness (QED) is 0.747. The van der Waals surface area contributed by atoms with E-state index in [1.165, 1.54) is 0 Å². The van der Waals surface area contributed by atoms with Crippen molar-refractivity contribution in [2.45, 2.75) is 25.9 Å². The summed E-state index contributed by atoms with van der Waals surface area (Å²) in [5.74, 6) is 5.77. The number of carbonyl (C=O) groups excluding carboxylic acids is 1. The Morgan fingerprint density at radius 1 is 1.45 bits per heavy atom. The summed E-state index contributed by atoms with van der Waals surface area (Å²) in [5, 5.41) is 9.51. The fraction of sp³-hybridized carbons (Fsp3) is 0.438. The number of rotatable bonds is 1. The lowest BCUT2D eigenvalue weighted by Crippen LogP contribution is -2.40. The van der Waals surface area contributed by atoms with Gasteiger partial charge in [-0.2, -0.15) is 0 Å². The molecule has 0 spiro atoms. The van der Waals surface area contributed by atoms with Gasteiger partial charge in [0.05, 0.1) is 12.6 Å². The van der Waals surface area contributed by atoms with Crippen LogP contribution in [0.1, 0.15) is 34.3 Å². The highest BCUT2D eigenvalue weighted by molar-refractivity contribution is 5.96. The number of amides is 1. The second kappa shape index (κ2) is 6.56. The lowest BCUT2D eigenvalue weighted by Gasteiger charge is -2.30. The number of piperidine rings is 1. The van der Waals surface area contributed by atoms with E-state index in [2.05, 4.69) is 11.8 Å². The lowest BCUT2D eigenvalue weighted by molar-refractivity contribution is 0.0546. The van der Waals surface area contributed by atoms with Gasteiger partial charge in [0.2, 0.25) is 0 Å². The fourth-order valence-corrected chi connectivity index (χ4v) is 2.32. The Balaban J connectivity index is 2.20. The molecule has 2 rings (SSSR count). The zero-order valence-electron chi connectivity index (χ0n) is 11.7. The summed E-state index contributed by atoms with van der Waals surface area (Å²) in [7, 11) is 0. The van der Waals surface area contributed by atoms with Gasteiger partial charge in [0, 0.05) is 24.2 Å². The van der Waals surface area contributed by atoms with Gasteiger partial charge < -0.3 is 15.7 Å². The topological polar surface area (TPSA) is 66.6 Å². The van der Waals surface area contributed by atoms with E-state index < -0.39 is 0 Å². The van der Waals surface area contributed by atoms with Crippen molar-refractivity contribution < 1.29 is 9.90 Å². The SMILES string of the molecule is Cc1ccc(C#CCN)cc1C(=O)N1CCC(O)CC1. The molecule has 1 amide bonds. The number of nitrogens with zero attached hydrogens (tertiary/aromatic N) is 1. The number of hydrogen-bond acceptors (Lipinski definition) is 3. The number of aliphatic hydroxyl groups is 1. The van der Waals surface area contributed by atoms with E-state index in [0.29, 0.717) is 38.0 Å². The fourth-order valence-electron chi connectivity index (χ4n) is 2.32. The van der Waals surface area contributed by atoms with Crippen molar-refractivity contribution in [3.63, 3.8) is 0 Å². The Kier molecular flexibility index (Phi) is 4.78. The Morgan fingerprint density at radius 2 is 2.15 bits per heavy atom. The van der Waals surface area contributed by atoms with Crippen LogP contribution in [-0.4, -0.2) is 41.7 Å². The summed E-state index contributed by atoms with van der Waals surface area (Å²) in [4.78, 5) is 14.3. The first kappa shape index (κ1) is 14.6. The van der Waals surface area contributed by atoms with Crippen LogP contribution in [0, 0.1) is 18.8 Å². The molecule has 0 saturated carbocycles. The molecule has 0 radical (unpaired) electrons. The molecule has 0 aliphatic carbocycles. The summed E-state index contributed by atoms with van der Waals surface area (Å²) in [6.45, 7) is 3.45. The predicted molar refractivity (Wildman–Crippen MR) is 78.3 cm³/mol. The van der Waals surface area contributed by atoms with Crippen molar-refractivity contribution in [1.82, 2.24) is 4.90 Å². The predicted octanol–water partition coefficient (Wildman–Crippen LogP) is 0.902. The number of aliphatic hydroxyl groups excluding tert-OH is 1. The van der Waals surface area contributed by atoms with E-state index in [-0.39, 0.29) is 12.0 Å². The van der Waals surface area contributed by atoms with Crippen LogP contribution in [0.5, 0.6) is 0 Å². The van der Waals surface area contributed by atoms with Gasteiger partial charge in [0.1, 0.15) is 0 Å². The largest absolute Gasteiger partial charge is 0.393 e. The summed E-state index contributed by atoms with van der Waals surface area (Å²) < 4.78 is 0. The third kappa shape index (κ3) is 3.38. The Hall–Kier alpha value is -1.83. The van der Waals surface area contributed by atoms with Gasteiger partial charge in [-0.05, 0) is 37.5 Å². The Bertz CT molecular complexity index is 549. The summed E-state index contributed by atoms with van der Waals surface area (Å²) in [5.41, 5.74) is 7.80. The molecule has 0 atom stereocenters. The van der Waals surface area contributed by atoms with Crippen molar-refractivity contribution in [3.05, 3.63) is 34.9 Å². The molecule has 1 heterocycles. The van der Waals surface area contributed by atoms with Crippen LogP contribution in [0.2, 0.25) is 0 Å². The van der Waals surface area contributed by atoms with Gasteiger partial charge in [0.15, 0.2) is 0 Å². The van der Waals surface area contributed by atoms with Gasteiger partial charge in [-0.3, -0.25) is 4.79 Å². The van der Waals surface area contributed by atoms with Gasteiger partial charge >= 0.3 is 0 Å². The molecule has 1 aromatic rings. The first-order valence-electron chi connectivity index (χ1n) is 6.88. The van der Waals surface area contributed by atoms with E-state index in [1.54, 1.807) is 4.90 Å². The van der Waals surface area contributed by atoms with Crippen molar-refractivity contribution in [3.8, 4) is 11.8 Å². The molecule has 4 heteroatoms. The maximum Gasteiger partial charge on any atom is 0.254 e. The lowest BCUT2D eigenvalue weighted by atomic mass is 10.0. The minimum Gasteiger partial charge on any atom is -0.393 e. The minimum absolute atomic E-state index is 0.0193. The normalized spacial score (nSPS) is 15.7. The van der Waals surface area contributed by atoms with E-state index in [4.69, 9.17) is 5.73 Å². The first-order valence-corrected chi connectivity index (χ1v) is 6.88. The van der Waals surface area contributed by atoms with Crippen molar-refractivity contribution >= 4 is 5.91 Å². The molecule has 1 aliphatic rings. The number of carbonyl (C=O) groups is 1. The second-order valence-corrected chi connectivity index (χ2v) is 5.06. The van der Waals surface area contributed by atoms with Crippen LogP contribution in [0.25, 0.3) is 0 Å². The van der Waals surface area contributed by atoms with E-state index >= 15 is 0 Å². The van der Waals surface area contributed by atoms with Gasteiger partial charge in [0.25, 0.3) is 5.91 Å². The third-order valence-corrected chi connectivity index (χ3v) is 3.55. The summed E-state index contributed by atoms with van der Waals surface area (Å²) in [6.07, 6.45) is 1.02. The molecule has 1 fully saturated rings. The molecular weight excluding hydrogens is 252 g/mol. The molecule has 0 bridgehead atoms. The molecule has 3 N–H and O–H groups in total. The van der Waals surface area contributed by atoms with Crippen molar-refractivity contribution in [2.75, 3.05) is 19.6 Å². The number of aryl methyl sites for hydroxylation is 1. The smallest absolute Gasteiger partial charge is 0.254 e. The Morgan fingerprint density at radius 3 is 2.80 bits per heavy atom. The van der Waals surface area contributed by atoms with Crippen LogP contribution < -0.4 is 5.73 Å². The molecule has 106 valence electrons. The van der Waals surface area contributed by atoms with Gasteiger partial charge in [-0.1, -0.05) is 17.9 Å². The highest BCUT2D eigenvalue weighted by atomic mass is 16.3. The van der Waals surface area contributed by atoms with Crippen molar-refractivity contribution in [2.24, 2.45) is 5.73 Å². The monoisotopic (exact) mass is 272 g/mol. The first-order chi connectivity index (χ1) is 9.61. The number of likely N-dealkylation sites (tertiary alicyclic amines) is 1. The molecule has 1 aliphatic heterocycles. The molecule has 0 aromatic heterocycles. The highest BCUT2D eigenvalue weighted by Crippen LogP contribution is 2.17. The number of hydrogen-bond donors (Lipinski definition) is 2. The maximum atomic E-state index is 12.5. The van der Waals surface area contributed by atoms with Crippen molar-refractivity contribution in [1.29, 1.82) is 0 Å². The molecule has 1 aromatic carbocycles. The van der Waals surface area contributed by atoms with Gasteiger partial charge in [-0.15, -0.1) is 0 Å². The minimum atomic E-state index is -0.276. The van der Waals surface area contributed by atoms with Gasteiger partial charge in [-0.25, -0.2) is 0 Å². The van der Waals surface area contributed by atoms with Crippen LogP contribution in [0.15, 0.2) is 18.2 Å². The molecule has 20 heavy (non-hydrogen) atoms. The Labute approximate surface area is 119 Å². The average molecular weight is 272 g/mol. The van der Waals surface area contributed by atoms with E-state index in [9.17, 15) is 9.90 Å².